The molecule has 0 aromatic heterocycles. The van der Waals surface area contributed by atoms with Crippen LogP contribution in [0.5, 0.6) is 0 Å². The molecular formula is C4H6N2. The molecule has 2 radical (unpaired) electrons. The summed E-state index contributed by atoms with van der Waals surface area (Å²) >= 11 is 0. The second-order valence-electron chi connectivity index (χ2n) is 1.31. The highest BCUT2D eigenvalue weighted by Gasteiger charge is 1.96. The second-order valence-corrected chi connectivity index (χ2v) is 1.31. The minimum atomic E-state index is 0.875. The van der Waals surface area contributed by atoms with Crippen molar-refractivity contribution in [2.75, 3.05) is 6.54 Å². The predicted molar refractivity (Wildman–Crippen MR) is 24.4 cm³/mol. The van der Waals surface area contributed by atoms with Crippen LogP contribution in [-0.2, 0) is 0 Å². The Morgan fingerprint density at radius 2 is 2.83 bits per heavy atom. The van der Waals surface area contributed by atoms with Crippen molar-refractivity contribution in [3.8, 4) is 0 Å². The molecule has 1 heterocycles. The average Bonchev–Trinajstić information content (AvgIpc) is 1.86. The van der Waals surface area contributed by atoms with Gasteiger partial charge in [0.1, 0.15) is 0 Å². The normalized spacial score (nSPS) is 21.2. The molecular weight excluding hydrogens is 76.1 g/mol. The molecule has 0 aromatic rings. The molecule has 0 aliphatic carbocycles. The summed E-state index contributed by atoms with van der Waals surface area (Å²) in [6.07, 6.45) is 0. The largest absolute Gasteiger partial charge is 0.281 e. The molecule has 1 aliphatic heterocycles. The van der Waals surface area contributed by atoms with E-state index in [1.54, 1.807) is 0 Å². The first kappa shape index (κ1) is 3.81. The van der Waals surface area contributed by atoms with E-state index in [-0.39, 0.29) is 0 Å². The lowest BCUT2D eigenvalue weighted by molar-refractivity contribution is 0.962. The summed E-state index contributed by atoms with van der Waals surface area (Å²) in [7, 11) is 0. The van der Waals surface area contributed by atoms with Crippen molar-refractivity contribution in [3.63, 3.8) is 0 Å². The SMILES string of the molecule is CC1=N[C]NC1. The van der Waals surface area contributed by atoms with Crippen LogP contribution in [-0.4, -0.2) is 12.3 Å². The summed E-state index contributed by atoms with van der Waals surface area (Å²) < 4.78 is 0. The van der Waals surface area contributed by atoms with Crippen molar-refractivity contribution in [2.45, 2.75) is 6.92 Å². The molecule has 0 atom stereocenters. The molecule has 1 N–H and O–H groups in total. The number of nitrogens with zero attached hydrogens (tertiary/aromatic N) is 1. The molecule has 2 heteroatoms. The van der Waals surface area contributed by atoms with Crippen molar-refractivity contribution < 1.29 is 0 Å². The Bertz CT molecular complexity index is 75.6. The lowest BCUT2D eigenvalue weighted by atomic mass is 10.4. The summed E-state index contributed by atoms with van der Waals surface area (Å²) in [5.74, 6) is 0. The molecule has 0 bridgehead atoms. The molecule has 0 spiro atoms. The average molecular weight is 82.1 g/mol. The van der Waals surface area contributed by atoms with Crippen molar-refractivity contribution in [1.29, 1.82) is 0 Å². The van der Waals surface area contributed by atoms with Crippen LogP contribution in [0.25, 0.3) is 0 Å². The Morgan fingerprint density at radius 3 is 3.00 bits per heavy atom. The van der Waals surface area contributed by atoms with E-state index < -0.39 is 0 Å². The molecule has 0 amide bonds. The standard InChI is InChI=1S/C4H6N2/c1-4-2-5-3-6-4/h5H,2H2,1H3. The van der Waals surface area contributed by atoms with Crippen molar-refractivity contribution >= 4 is 5.71 Å². The van der Waals surface area contributed by atoms with Crippen LogP contribution in [0.2, 0.25) is 0 Å². The van der Waals surface area contributed by atoms with Crippen LogP contribution in [0.15, 0.2) is 4.99 Å². The third kappa shape index (κ3) is 0.571. The van der Waals surface area contributed by atoms with Crippen LogP contribution < -0.4 is 5.32 Å². The first-order valence-electron chi connectivity index (χ1n) is 1.90. The molecule has 0 saturated carbocycles. The molecule has 1 aliphatic rings. The van der Waals surface area contributed by atoms with Crippen LogP contribution in [0.4, 0.5) is 0 Å². The van der Waals surface area contributed by atoms with E-state index in [1.165, 1.54) is 0 Å². The second kappa shape index (κ2) is 1.39. The Kier molecular flexibility index (Phi) is 0.881. The van der Waals surface area contributed by atoms with Gasteiger partial charge in [-0.05, 0) is 6.92 Å². The van der Waals surface area contributed by atoms with Crippen LogP contribution in [0.1, 0.15) is 6.92 Å². The van der Waals surface area contributed by atoms with E-state index in [2.05, 4.69) is 17.0 Å². The minimum absolute atomic E-state index is 0.875. The zero-order chi connectivity index (χ0) is 4.41. The van der Waals surface area contributed by atoms with E-state index in [1.807, 2.05) is 6.92 Å². The van der Waals surface area contributed by atoms with Crippen molar-refractivity contribution in [1.82, 2.24) is 5.32 Å². The fourth-order valence-electron chi connectivity index (χ4n) is 0.342. The van der Waals surface area contributed by atoms with Gasteiger partial charge in [-0.15, -0.1) is 0 Å². The van der Waals surface area contributed by atoms with Gasteiger partial charge >= 0.3 is 0 Å². The molecule has 0 unspecified atom stereocenters. The van der Waals surface area contributed by atoms with Gasteiger partial charge in [-0.25, -0.2) is 0 Å². The Labute approximate surface area is 37.3 Å². The van der Waals surface area contributed by atoms with Crippen LogP contribution in [0, 0.1) is 6.67 Å². The Morgan fingerprint density at radius 1 is 2.00 bits per heavy atom. The number of rotatable bonds is 0. The maximum absolute atomic E-state index is 3.79. The van der Waals surface area contributed by atoms with Gasteiger partial charge in [0.2, 0.25) is 0 Å². The molecule has 0 saturated heterocycles. The quantitative estimate of drug-likeness (QED) is 0.438. The molecule has 6 heavy (non-hydrogen) atoms. The lowest BCUT2D eigenvalue weighted by Crippen LogP contribution is -2.07. The van der Waals surface area contributed by atoms with Gasteiger partial charge in [0.15, 0.2) is 6.67 Å². The molecule has 32 valence electrons. The maximum atomic E-state index is 3.79. The summed E-state index contributed by atoms with van der Waals surface area (Å²) in [4.78, 5) is 3.79. The van der Waals surface area contributed by atoms with E-state index in [9.17, 15) is 0 Å². The van der Waals surface area contributed by atoms with Gasteiger partial charge in [0.05, 0.1) is 0 Å². The zero-order valence-corrected chi connectivity index (χ0v) is 3.65. The summed E-state index contributed by atoms with van der Waals surface area (Å²) in [5, 5.41) is 2.82. The van der Waals surface area contributed by atoms with Crippen molar-refractivity contribution in [3.05, 3.63) is 6.67 Å². The van der Waals surface area contributed by atoms with E-state index in [0.29, 0.717) is 0 Å². The summed E-state index contributed by atoms with van der Waals surface area (Å²) in [5.41, 5.74) is 1.11. The highest BCUT2D eigenvalue weighted by Crippen LogP contribution is 1.85. The third-order valence-corrected chi connectivity index (χ3v) is 0.670. The Balaban J connectivity index is 2.45. The fourth-order valence-corrected chi connectivity index (χ4v) is 0.342. The number of nitrogens with one attached hydrogen (secondary N) is 1. The molecule has 1 rings (SSSR count). The number of aliphatic imine (C=N–C) groups is 1. The van der Waals surface area contributed by atoms with Gasteiger partial charge in [0.25, 0.3) is 0 Å². The first-order valence-corrected chi connectivity index (χ1v) is 1.90. The van der Waals surface area contributed by atoms with E-state index >= 15 is 0 Å². The highest BCUT2D eigenvalue weighted by molar-refractivity contribution is 5.85. The lowest BCUT2D eigenvalue weighted by Gasteiger charge is -1.78. The molecule has 2 nitrogen and oxygen atoms in total. The number of hydrogen-bond donors (Lipinski definition) is 1. The third-order valence-electron chi connectivity index (χ3n) is 0.670. The van der Waals surface area contributed by atoms with Gasteiger partial charge in [0, 0.05) is 12.3 Å². The summed E-state index contributed by atoms with van der Waals surface area (Å²) in [6.45, 7) is 5.45. The minimum Gasteiger partial charge on any atom is -0.281 e. The highest BCUT2D eigenvalue weighted by atomic mass is 15.1. The van der Waals surface area contributed by atoms with Gasteiger partial charge in [-0.3, -0.25) is 10.3 Å². The van der Waals surface area contributed by atoms with Crippen molar-refractivity contribution in [2.24, 2.45) is 4.99 Å². The fraction of sp³-hybridized carbons (Fsp3) is 0.500. The molecule has 0 aromatic carbocycles. The Hall–Kier alpha value is -0.370. The monoisotopic (exact) mass is 82.1 g/mol. The number of hydrogen-bond acceptors (Lipinski definition) is 2. The zero-order valence-electron chi connectivity index (χ0n) is 3.65. The first-order chi connectivity index (χ1) is 2.89. The van der Waals surface area contributed by atoms with Gasteiger partial charge < -0.3 is 0 Å². The van der Waals surface area contributed by atoms with Crippen LogP contribution in [0.3, 0.4) is 0 Å². The van der Waals surface area contributed by atoms with Gasteiger partial charge in [-0.2, -0.15) is 0 Å². The topological polar surface area (TPSA) is 24.4 Å². The van der Waals surface area contributed by atoms with E-state index in [0.717, 1.165) is 12.3 Å². The van der Waals surface area contributed by atoms with Gasteiger partial charge in [-0.1, -0.05) is 0 Å². The maximum Gasteiger partial charge on any atom is 0.196 e. The summed E-state index contributed by atoms with van der Waals surface area (Å²) in [6, 6.07) is 0. The smallest absolute Gasteiger partial charge is 0.196 e. The predicted octanol–water partition coefficient (Wildman–Crippen LogP) is 0.0468. The van der Waals surface area contributed by atoms with Crippen LogP contribution >= 0.6 is 0 Å². The molecule has 0 fully saturated rings. The van der Waals surface area contributed by atoms with E-state index in [4.69, 9.17) is 0 Å².